The first-order valence-corrected chi connectivity index (χ1v) is 8.98. The van der Waals surface area contributed by atoms with Gasteiger partial charge < -0.3 is 10.6 Å². The van der Waals surface area contributed by atoms with Gasteiger partial charge in [-0.3, -0.25) is 9.59 Å². The molecule has 0 aliphatic carbocycles. The van der Waals surface area contributed by atoms with Crippen LogP contribution in [0.1, 0.15) is 47.6 Å². The molecule has 4 nitrogen and oxygen atoms in total. The Morgan fingerprint density at radius 3 is 2.29 bits per heavy atom. The topological polar surface area (TPSA) is 58.2 Å². The Morgan fingerprint density at radius 2 is 1.71 bits per heavy atom. The van der Waals surface area contributed by atoms with E-state index >= 15 is 0 Å². The SMILES string of the molecule is Cc1ccccc1C(=O)NC(C(=O)NC(C)c1cccs1)C(C)C. The minimum absolute atomic E-state index is 0.00601. The average Bonchev–Trinajstić information content (AvgIpc) is 3.06. The van der Waals surface area contributed by atoms with Crippen molar-refractivity contribution < 1.29 is 9.59 Å². The van der Waals surface area contributed by atoms with E-state index in [-0.39, 0.29) is 23.8 Å². The van der Waals surface area contributed by atoms with Crippen LogP contribution in [-0.2, 0) is 4.79 Å². The second-order valence-corrected chi connectivity index (χ2v) is 7.24. The van der Waals surface area contributed by atoms with Crippen LogP contribution < -0.4 is 10.6 Å². The van der Waals surface area contributed by atoms with Gasteiger partial charge in [0.05, 0.1) is 6.04 Å². The number of carbonyl (C=O) groups is 2. The Kier molecular flexibility index (Phi) is 6.15. The summed E-state index contributed by atoms with van der Waals surface area (Å²) in [7, 11) is 0. The molecule has 2 N–H and O–H groups in total. The fourth-order valence-electron chi connectivity index (χ4n) is 2.49. The molecule has 2 atom stereocenters. The van der Waals surface area contributed by atoms with Crippen molar-refractivity contribution in [2.24, 2.45) is 5.92 Å². The van der Waals surface area contributed by atoms with Gasteiger partial charge in [0.25, 0.3) is 5.91 Å². The number of amides is 2. The summed E-state index contributed by atoms with van der Waals surface area (Å²) >= 11 is 1.60. The van der Waals surface area contributed by atoms with Gasteiger partial charge in [-0.15, -0.1) is 11.3 Å². The third-order valence-electron chi connectivity index (χ3n) is 3.95. The van der Waals surface area contributed by atoms with E-state index in [0.717, 1.165) is 10.4 Å². The van der Waals surface area contributed by atoms with E-state index in [9.17, 15) is 9.59 Å². The quantitative estimate of drug-likeness (QED) is 0.840. The van der Waals surface area contributed by atoms with Gasteiger partial charge in [-0.2, -0.15) is 0 Å². The van der Waals surface area contributed by atoms with Gasteiger partial charge in [-0.25, -0.2) is 0 Å². The van der Waals surface area contributed by atoms with Gasteiger partial charge in [0.2, 0.25) is 5.91 Å². The Hall–Kier alpha value is -2.14. The molecule has 1 aromatic carbocycles. The van der Waals surface area contributed by atoms with E-state index in [1.54, 1.807) is 17.4 Å². The molecule has 5 heteroatoms. The van der Waals surface area contributed by atoms with Crippen molar-refractivity contribution in [3.05, 3.63) is 57.8 Å². The Morgan fingerprint density at radius 1 is 1.00 bits per heavy atom. The van der Waals surface area contributed by atoms with Crippen LogP contribution in [0.4, 0.5) is 0 Å². The molecular formula is C19H24N2O2S. The number of aryl methyl sites for hydroxylation is 1. The van der Waals surface area contributed by atoms with Gasteiger partial charge in [-0.1, -0.05) is 38.1 Å². The molecule has 0 saturated heterocycles. The molecule has 128 valence electrons. The lowest BCUT2D eigenvalue weighted by atomic mass is 10.0. The van der Waals surface area contributed by atoms with Crippen LogP contribution in [0.5, 0.6) is 0 Å². The van der Waals surface area contributed by atoms with Crippen LogP contribution in [0, 0.1) is 12.8 Å². The highest BCUT2D eigenvalue weighted by Crippen LogP contribution is 2.18. The predicted molar refractivity (Wildman–Crippen MR) is 98.1 cm³/mol. The van der Waals surface area contributed by atoms with Crippen LogP contribution in [0.15, 0.2) is 41.8 Å². The van der Waals surface area contributed by atoms with Crippen molar-refractivity contribution in [1.82, 2.24) is 10.6 Å². The first kappa shape index (κ1) is 18.2. The minimum Gasteiger partial charge on any atom is -0.347 e. The van der Waals surface area contributed by atoms with Crippen molar-refractivity contribution >= 4 is 23.2 Å². The summed E-state index contributed by atoms with van der Waals surface area (Å²) in [5.74, 6) is -0.382. The number of carbonyl (C=O) groups excluding carboxylic acids is 2. The second-order valence-electron chi connectivity index (χ2n) is 6.26. The highest BCUT2D eigenvalue weighted by atomic mass is 32.1. The number of thiophene rings is 1. The van der Waals surface area contributed by atoms with Crippen molar-refractivity contribution in [2.75, 3.05) is 0 Å². The third-order valence-corrected chi connectivity index (χ3v) is 5.01. The summed E-state index contributed by atoms with van der Waals surface area (Å²) in [6.07, 6.45) is 0. The maximum Gasteiger partial charge on any atom is 0.252 e. The molecule has 0 saturated carbocycles. The highest BCUT2D eigenvalue weighted by Gasteiger charge is 2.26. The number of benzene rings is 1. The molecule has 24 heavy (non-hydrogen) atoms. The summed E-state index contributed by atoms with van der Waals surface area (Å²) in [6.45, 7) is 7.69. The summed E-state index contributed by atoms with van der Waals surface area (Å²) in [6, 6.07) is 10.7. The van der Waals surface area contributed by atoms with E-state index in [2.05, 4.69) is 10.6 Å². The summed E-state index contributed by atoms with van der Waals surface area (Å²) < 4.78 is 0. The molecule has 2 unspecified atom stereocenters. The first-order valence-electron chi connectivity index (χ1n) is 8.10. The molecule has 2 amide bonds. The van der Waals surface area contributed by atoms with Crippen LogP contribution in [-0.4, -0.2) is 17.9 Å². The average molecular weight is 344 g/mol. The monoisotopic (exact) mass is 344 g/mol. The van der Waals surface area contributed by atoms with Crippen LogP contribution in [0.3, 0.4) is 0 Å². The maximum atomic E-state index is 12.6. The normalized spacial score (nSPS) is 13.4. The molecule has 0 fully saturated rings. The van der Waals surface area contributed by atoms with E-state index in [1.165, 1.54) is 0 Å². The maximum absolute atomic E-state index is 12.6. The molecule has 0 aliphatic rings. The number of hydrogen-bond acceptors (Lipinski definition) is 3. The highest BCUT2D eigenvalue weighted by molar-refractivity contribution is 7.10. The summed E-state index contributed by atoms with van der Waals surface area (Å²) in [4.78, 5) is 26.2. The Balaban J connectivity index is 2.07. The fraction of sp³-hybridized carbons (Fsp3) is 0.368. The van der Waals surface area contributed by atoms with Crippen LogP contribution in [0.25, 0.3) is 0 Å². The first-order chi connectivity index (χ1) is 11.4. The molecular weight excluding hydrogens is 320 g/mol. The van der Waals surface area contributed by atoms with Crippen LogP contribution >= 0.6 is 11.3 Å². The lowest BCUT2D eigenvalue weighted by Crippen LogP contribution is -2.50. The Labute approximate surface area is 147 Å². The Bertz CT molecular complexity index is 695. The second kappa shape index (κ2) is 8.11. The van der Waals surface area contributed by atoms with E-state index < -0.39 is 6.04 Å². The molecule has 2 rings (SSSR count). The fourth-order valence-corrected chi connectivity index (χ4v) is 3.23. The molecule has 0 spiro atoms. The van der Waals surface area contributed by atoms with Crippen molar-refractivity contribution in [3.63, 3.8) is 0 Å². The zero-order valence-corrected chi connectivity index (χ0v) is 15.3. The smallest absolute Gasteiger partial charge is 0.252 e. The lowest BCUT2D eigenvalue weighted by molar-refractivity contribution is -0.124. The lowest BCUT2D eigenvalue weighted by Gasteiger charge is -2.24. The van der Waals surface area contributed by atoms with Gasteiger partial charge in [0.1, 0.15) is 6.04 Å². The van der Waals surface area contributed by atoms with E-state index in [4.69, 9.17) is 0 Å². The predicted octanol–water partition coefficient (Wildman–Crippen LogP) is 3.69. The van der Waals surface area contributed by atoms with Gasteiger partial charge in [0, 0.05) is 10.4 Å². The number of hydrogen-bond donors (Lipinski definition) is 2. The molecule has 0 bridgehead atoms. The zero-order valence-electron chi connectivity index (χ0n) is 14.5. The van der Waals surface area contributed by atoms with Crippen LogP contribution in [0.2, 0.25) is 0 Å². The molecule has 0 radical (unpaired) electrons. The molecule has 1 aromatic heterocycles. The van der Waals surface area contributed by atoms with E-state index in [0.29, 0.717) is 5.56 Å². The van der Waals surface area contributed by atoms with Gasteiger partial charge >= 0.3 is 0 Å². The number of nitrogens with one attached hydrogen (secondary N) is 2. The largest absolute Gasteiger partial charge is 0.347 e. The summed E-state index contributed by atoms with van der Waals surface area (Å²) in [5, 5.41) is 7.85. The van der Waals surface area contributed by atoms with Crippen molar-refractivity contribution in [2.45, 2.75) is 39.8 Å². The molecule has 0 aliphatic heterocycles. The van der Waals surface area contributed by atoms with Gasteiger partial charge in [0.15, 0.2) is 0 Å². The van der Waals surface area contributed by atoms with Crippen molar-refractivity contribution in [1.29, 1.82) is 0 Å². The summed E-state index contributed by atoms with van der Waals surface area (Å²) in [5.41, 5.74) is 1.49. The van der Waals surface area contributed by atoms with Gasteiger partial charge in [-0.05, 0) is 42.8 Å². The third kappa shape index (κ3) is 4.45. The molecule has 1 heterocycles. The van der Waals surface area contributed by atoms with Crippen molar-refractivity contribution in [3.8, 4) is 0 Å². The molecule has 2 aromatic rings. The number of rotatable bonds is 6. The van der Waals surface area contributed by atoms with E-state index in [1.807, 2.05) is 63.4 Å². The standard InChI is InChI=1S/C19H24N2O2S/c1-12(2)17(19(23)20-14(4)16-10-7-11-24-16)21-18(22)15-9-6-5-8-13(15)3/h5-12,14,17H,1-4H3,(H,20,23)(H,21,22). The zero-order chi connectivity index (χ0) is 17.7. The minimum atomic E-state index is -0.570.